The standard InChI is InChI=1S/C4H15NSi2/c1-5(2)7(3,4)6/h1-4,6H3. The fraction of sp³-hybridized carbons (Fsp3) is 1.00. The molecule has 0 rings (SSSR count). The molecule has 0 aromatic heterocycles. The van der Waals surface area contributed by atoms with Gasteiger partial charge in [0, 0.05) is 9.76 Å². The summed E-state index contributed by atoms with van der Waals surface area (Å²) in [6, 6.07) is 0. The molecule has 0 saturated carbocycles. The molecule has 0 aromatic rings. The Hall–Kier alpha value is 0.394. The molecule has 0 aliphatic heterocycles. The highest BCUT2D eigenvalue weighted by Gasteiger charge is 2.14. The van der Waals surface area contributed by atoms with Crippen LogP contribution in [0.3, 0.4) is 0 Å². The largest absolute Gasteiger partial charge is 0.332 e. The van der Waals surface area contributed by atoms with E-state index in [9.17, 15) is 0 Å². The van der Waals surface area contributed by atoms with Gasteiger partial charge in [-0.05, 0) is 14.1 Å². The maximum absolute atomic E-state index is 2.39. The minimum Gasteiger partial charge on any atom is -0.332 e. The Morgan fingerprint density at radius 3 is 1.43 bits per heavy atom. The molecule has 7 heavy (non-hydrogen) atoms. The first-order chi connectivity index (χ1) is 2.94. The SMILES string of the molecule is CN(C)[Si](C)(C)[SiH3]. The van der Waals surface area contributed by atoms with Gasteiger partial charge in [-0.15, -0.1) is 0 Å². The third-order valence-corrected chi connectivity index (χ3v) is 6.71. The van der Waals surface area contributed by atoms with Crippen LogP contribution in [-0.4, -0.2) is 36.2 Å². The molecule has 0 saturated heterocycles. The number of hydrogen-bond donors (Lipinski definition) is 0. The maximum Gasteiger partial charge on any atom is 0.100 e. The van der Waals surface area contributed by atoms with E-state index in [2.05, 4.69) is 31.8 Å². The van der Waals surface area contributed by atoms with E-state index in [0.717, 1.165) is 0 Å². The molecule has 0 unspecified atom stereocenters. The van der Waals surface area contributed by atoms with Crippen LogP contribution in [0, 0.1) is 0 Å². The summed E-state index contributed by atoms with van der Waals surface area (Å²) in [4.78, 5) is 0. The third kappa shape index (κ3) is 3.02. The summed E-state index contributed by atoms with van der Waals surface area (Å²) in [5, 5.41) is 0. The Kier molecular flexibility index (Phi) is 2.23. The predicted molar refractivity (Wildman–Crippen MR) is 41.1 cm³/mol. The first kappa shape index (κ1) is 7.39. The fourth-order valence-corrected chi connectivity index (χ4v) is 0. The monoisotopic (exact) mass is 133 g/mol. The van der Waals surface area contributed by atoms with Crippen molar-refractivity contribution in [2.24, 2.45) is 0 Å². The van der Waals surface area contributed by atoms with Crippen molar-refractivity contribution in [2.45, 2.75) is 13.1 Å². The highest BCUT2D eigenvalue weighted by molar-refractivity contribution is 7.14. The van der Waals surface area contributed by atoms with Gasteiger partial charge in [0.05, 0.1) is 0 Å². The molecule has 0 heterocycles. The van der Waals surface area contributed by atoms with E-state index >= 15 is 0 Å². The number of nitrogens with zero attached hydrogens (tertiary/aromatic N) is 1. The highest BCUT2D eigenvalue weighted by atomic mass is 29.2. The minimum atomic E-state index is -0.762. The van der Waals surface area contributed by atoms with E-state index in [0.29, 0.717) is 0 Å². The van der Waals surface area contributed by atoms with Crippen LogP contribution in [0.5, 0.6) is 0 Å². The lowest BCUT2D eigenvalue weighted by Crippen LogP contribution is -2.44. The van der Waals surface area contributed by atoms with Gasteiger partial charge < -0.3 is 4.57 Å². The van der Waals surface area contributed by atoms with Gasteiger partial charge >= 0.3 is 0 Å². The van der Waals surface area contributed by atoms with Gasteiger partial charge in [-0.3, -0.25) is 0 Å². The lowest BCUT2D eigenvalue weighted by Gasteiger charge is -2.24. The van der Waals surface area contributed by atoms with E-state index in [1.54, 1.807) is 0 Å². The Labute approximate surface area is 50.0 Å². The Bertz CT molecular complexity index is 55.2. The predicted octanol–water partition coefficient (Wildman–Crippen LogP) is -0.385. The molecule has 0 radical (unpaired) electrons. The van der Waals surface area contributed by atoms with E-state index in [1.165, 1.54) is 9.76 Å². The second-order valence-corrected chi connectivity index (χ2v) is 15.6. The summed E-state index contributed by atoms with van der Waals surface area (Å²) in [5.74, 6) is 0. The van der Waals surface area contributed by atoms with Gasteiger partial charge in [-0.2, -0.15) is 0 Å². The van der Waals surface area contributed by atoms with E-state index < -0.39 is 7.75 Å². The van der Waals surface area contributed by atoms with E-state index in [1.807, 2.05) is 0 Å². The summed E-state index contributed by atoms with van der Waals surface area (Å²) in [5.41, 5.74) is 0. The van der Waals surface area contributed by atoms with E-state index in [4.69, 9.17) is 0 Å². The molecule has 0 aliphatic carbocycles. The molecule has 3 heteroatoms. The Morgan fingerprint density at radius 2 is 1.43 bits per heavy atom. The quantitative estimate of drug-likeness (QED) is 0.441. The van der Waals surface area contributed by atoms with Gasteiger partial charge in [0.15, 0.2) is 0 Å². The number of rotatable bonds is 1. The van der Waals surface area contributed by atoms with Crippen LogP contribution in [0.25, 0.3) is 0 Å². The van der Waals surface area contributed by atoms with Crippen LogP contribution in [0.1, 0.15) is 0 Å². The van der Waals surface area contributed by atoms with Crippen LogP contribution >= 0.6 is 0 Å². The Balaban J connectivity index is 3.54. The van der Waals surface area contributed by atoms with Gasteiger partial charge in [0.25, 0.3) is 0 Å². The van der Waals surface area contributed by atoms with Crippen LogP contribution in [-0.2, 0) is 0 Å². The average molecular weight is 133 g/mol. The third-order valence-electron chi connectivity index (χ3n) is 1.34. The topological polar surface area (TPSA) is 3.24 Å². The van der Waals surface area contributed by atoms with Gasteiger partial charge in [-0.25, -0.2) is 0 Å². The molecular weight excluding hydrogens is 118 g/mol. The zero-order valence-corrected chi connectivity index (χ0v) is 8.95. The summed E-state index contributed by atoms with van der Waals surface area (Å²) in [7, 11) is 4.97. The summed E-state index contributed by atoms with van der Waals surface area (Å²) in [6.45, 7) is 4.78. The highest BCUT2D eigenvalue weighted by Crippen LogP contribution is 1.95. The van der Waals surface area contributed by atoms with Crippen molar-refractivity contribution in [3.05, 3.63) is 0 Å². The maximum atomic E-state index is 2.39. The lowest BCUT2D eigenvalue weighted by molar-refractivity contribution is 0.640. The minimum absolute atomic E-state index is 0.762. The molecule has 0 bridgehead atoms. The van der Waals surface area contributed by atoms with E-state index in [-0.39, 0.29) is 0 Å². The molecular formula is C4H15NSi2. The van der Waals surface area contributed by atoms with Crippen LogP contribution in [0.15, 0.2) is 0 Å². The summed E-state index contributed by atoms with van der Waals surface area (Å²) in [6.07, 6.45) is 0. The first-order valence-electron chi connectivity index (χ1n) is 2.62. The normalized spacial score (nSPS) is 13.3. The van der Waals surface area contributed by atoms with Crippen molar-refractivity contribution in [1.82, 2.24) is 4.57 Å². The molecule has 0 N–H and O–H groups in total. The molecule has 0 spiro atoms. The molecule has 0 fully saturated rings. The van der Waals surface area contributed by atoms with Crippen LogP contribution in [0.4, 0.5) is 0 Å². The van der Waals surface area contributed by atoms with Crippen LogP contribution < -0.4 is 0 Å². The van der Waals surface area contributed by atoms with Gasteiger partial charge in [-0.1, -0.05) is 13.1 Å². The van der Waals surface area contributed by atoms with Crippen molar-refractivity contribution in [3.8, 4) is 0 Å². The van der Waals surface area contributed by atoms with Crippen molar-refractivity contribution in [2.75, 3.05) is 14.1 Å². The molecule has 0 aliphatic rings. The Morgan fingerprint density at radius 1 is 1.29 bits per heavy atom. The average Bonchev–Trinajstić information content (AvgIpc) is 1.31. The second kappa shape index (κ2) is 2.11. The van der Waals surface area contributed by atoms with Crippen molar-refractivity contribution in [3.63, 3.8) is 0 Å². The smallest absolute Gasteiger partial charge is 0.100 e. The van der Waals surface area contributed by atoms with Crippen molar-refractivity contribution < 1.29 is 0 Å². The summed E-state index contributed by atoms with van der Waals surface area (Å²) >= 11 is 0. The molecule has 0 amide bonds. The van der Waals surface area contributed by atoms with Gasteiger partial charge in [0.2, 0.25) is 0 Å². The zero-order chi connectivity index (χ0) is 6.08. The fourth-order valence-electron chi connectivity index (χ4n) is 0. The molecule has 0 aromatic carbocycles. The second-order valence-electron chi connectivity index (χ2n) is 3.07. The summed E-state index contributed by atoms with van der Waals surface area (Å²) < 4.78 is 2.39. The zero-order valence-electron chi connectivity index (χ0n) is 5.95. The molecule has 0 atom stereocenters. The lowest BCUT2D eigenvalue weighted by atomic mass is 11.3. The van der Waals surface area contributed by atoms with Crippen molar-refractivity contribution in [1.29, 1.82) is 0 Å². The number of hydrogen-bond acceptors (Lipinski definition) is 1. The van der Waals surface area contributed by atoms with Crippen LogP contribution in [0.2, 0.25) is 13.1 Å². The van der Waals surface area contributed by atoms with Gasteiger partial charge in [0.1, 0.15) is 7.75 Å². The molecule has 1 nitrogen and oxygen atoms in total. The van der Waals surface area contributed by atoms with Crippen molar-refractivity contribution >= 4 is 17.5 Å². The first-order valence-corrected chi connectivity index (χ1v) is 9.07. The molecule has 44 valence electrons.